The maximum Gasteiger partial charge on any atom is 0.129 e. The van der Waals surface area contributed by atoms with Gasteiger partial charge in [0.2, 0.25) is 0 Å². The number of benzene rings is 2. The zero-order valence-corrected chi connectivity index (χ0v) is 11.1. The normalized spacial score (nSPS) is 12.4. The lowest BCUT2D eigenvalue weighted by Gasteiger charge is -2.18. The highest BCUT2D eigenvalue weighted by atomic mass is 35.5. The summed E-state index contributed by atoms with van der Waals surface area (Å²) in [6, 6.07) is 12.6. The number of halogens is 2. The summed E-state index contributed by atoms with van der Waals surface area (Å²) < 4.78 is 13.9. The van der Waals surface area contributed by atoms with Crippen molar-refractivity contribution in [3.8, 4) is 0 Å². The van der Waals surface area contributed by atoms with Crippen LogP contribution >= 0.6 is 11.6 Å². The van der Waals surface area contributed by atoms with Gasteiger partial charge in [0.05, 0.1) is 6.04 Å². The summed E-state index contributed by atoms with van der Waals surface area (Å²) in [6.07, 6.45) is 0. The lowest BCUT2D eigenvalue weighted by atomic mass is 9.97. The Morgan fingerprint density at radius 3 is 2.56 bits per heavy atom. The van der Waals surface area contributed by atoms with Crippen molar-refractivity contribution in [3.63, 3.8) is 0 Å². The van der Waals surface area contributed by atoms with Gasteiger partial charge in [0, 0.05) is 10.6 Å². The average molecular weight is 264 g/mol. The Bertz CT molecular complexity index is 554. The molecule has 1 atom stereocenters. The summed E-state index contributed by atoms with van der Waals surface area (Å²) in [6.45, 7) is 2.02. The quantitative estimate of drug-likeness (QED) is 0.879. The molecule has 2 aromatic carbocycles. The van der Waals surface area contributed by atoms with Gasteiger partial charge in [0.15, 0.2) is 0 Å². The smallest absolute Gasteiger partial charge is 0.129 e. The summed E-state index contributed by atoms with van der Waals surface area (Å²) in [5.74, 6) is -0.289. The molecule has 0 aromatic heterocycles. The molecule has 0 aliphatic carbocycles. The van der Waals surface area contributed by atoms with Crippen LogP contribution in [-0.4, -0.2) is 7.05 Å². The van der Waals surface area contributed by atoms with Crippen LogP contribution in [0.2, 0.25) is 5.02 Å². The largest absolute Gasteiger partial charge is 0.309 e. The third-order valence-electron chi connectivity index (χ3n) is 2.94. The fourth-order valence-corrected chi connectivity index (χ4v) is 2.25. The highest BCUT2D eigenvalue weighted by molar-refractivity contribution is 6.30. The SMILES string of the molecule is CNC(c1cccc(C)c1)c1ccc(Cl)cc1F. The van der Waals surface area contributed by atoms with E-state index in [0.29, 0.717) is 10.6 Å². The second-order valence-corrected chi connectivity index (χ2v) is 4.74. The highest BCUT2D eigenvalue weighted by Gasteiger charge is 2.16. The Labute approximate surface area is 112 Å². The molecule has 0 fully saturated rings. The predicted octanol–water partition coefficient (Wildman–Crippen LogP) is 4.10. The maximum atomic E-state index is 13.9. The molecule has 0 saturated heterocycles. The van der Waals surface area contributed by atoms with E-state index >= 15 is 0 Å². The van der Waals surface area contributed by atoms with Gasteiger partial charge in [-0.1, -0.05) is 47.5 Å². The predicted molar refractivity (Wildman–Crippen MR) is 73.5 cm³/mol. The third kappa shape index (κ3) is 2.71. The number of nitrogens with one attached hydrogen (secondary N) is 1. The molecule has 3 heteroatoms. The minimum atomic E-state index is -0.289. The van der Waals surface area contributed by atoms with Crippen LogP contribution in [0.3, 0.4) is 0 Å². The molecule has 0 heterocycles. The standard InChI is InChI=1S/C15H15ClFN/c1-10-4-3-5-11(8-10)15(18-2)13-7-6-12(16)9-14(13)17/h3-9,15,18H,1-2H3. The Kier molecular flexibility index (Phi) is 4.00. The van der Waals surface area contributed by atoms with Crippen molar-refractivity contribution in [1.29, 1.82) is 0 Å². The van der Waals surface area contributed by atoms with Crippen molar-refractivity contribution in [3.05, 3.63) is 70.0 Å². The van der Waals surface area contributed by atoms with E-state index in [4.69, 9.17) is 11.6 Å². The molecular formula is C15H15ClFN. The van der Waals surface area contributed by atoms with Gasteiger partial charge in [-0.15, -0.1) is 0 Å². The summed E-state index contributed by atoms with van der Waals surface area (Å²) in [7, 11) is 1.82. The molecule has 0 bridgehead atoms. The fraction of sp³-hybridized carbons (Fsp3) is 0.200. The van der Waals surface area contributed by atoms with Crippen LogP contribution in [0.5, 0.6) is 0 Å². The first-order valence-corrected chi connectivity index (χ1v) is 6.18. The Morgan fingerprint density at radius 2 is 1.94 bits per heavy atom. The van der Waals surface area contributed by atoms with Crippen LogP contribution in [0.25, 0.3) is 0 Å². The van der Waals surface area contributed by atoms with Crippen molar-refractivity contribution in [2.75, 3.05) is 7.05 Å². The fourth-order valence-electron chi connectivity index (χ4n) is 2.09. The van der Waals surface area contributed by atoms with Crippen molar-refractivity contribution in [1.82, 2.24) is 5.32 Å². The molecule has 18 heavy (non-hydrogen) atoms. The summed E-state index contributed by atoms with van der Waals surface area (Å²) in [4.78, 5) is 0. The van der Waals surface area contributed by atoms with Crippen molar-refractivity contribution in [2.45, 2.75) is 13.0 Å². The van der Waals surface area contributed by atoms with E-state index in [1.54, 1.807) is 12.1 Å². The monoisotopic (exact) mass is 263 g/mol. The molecule has 1 N–H and O–H groups in total. The summed E-state index contributed by atoms with van der Waals surface area (Å²) >= 11 is 5.78. The number of aryl methyl sites for hydroxylation is 1. The maximum absolute atomic E-state index is 13.9. The van der Waals surface area contributed by atoms with Crippen LogP contribution in [0.1, 0.15) is 22.7 Å². The van der Waals surface area contributed by atoms with Gasteiger partial charge in [-0.25, -0.2) is 4.39 Å². The number of rotatable bonds is 3. The van der Waals surface area contributed by atoms with Gasteiger partial charge < -0.3 is 5.32 Å². The van der Waals surface area contributed by atoms with Gasteiger partial charge >= 0.3 is 0 Å². The zero-order valence-electron chi connectivity index (χ0n) is 10.4. The molecule has 0 radical (unpaired) electrons. The van der Waals surface area contributed by atoms with Crippen molar-refractivity contribution in [2.24, 2.45) is 0 Å². The summed E-state index contributed by atoms with van der Waals surface area (Å²) in [5, 5.41) is 3.55. The lowest BCUT2D eigenvalue weighted by Crippen LogP contribution is -2.19. The molecule has 0 aliphatic heterocycles. The molecule has 0 spiro atoms. The Morgan fingerprint density at radius 1 is 1.17 bits per heavy atom. The van der Waals surface area contributed by atoms with Gasteiger partial charge in [0.25, 0.3) is 0 Å². The number of hydrogen-bond acceptors (Lipinski definition) is 1. The first-order valence-electron chi connectivity index (χ1n) is 5.80. The molecule has 94 valence electrons. The first-order chi connectivity index (χ1) is 8.61. The first kappa shape index (κ1) is 13.1. The third-order valence-corrected chi connectivity index (χ3v) is 3.17. The minimum absolute atomic E-state index is 0.165. The van der Waals surface area contributed by atoms with E-state index in [1.807, 2.05) is 32.2 Å². The van der Waals surface area contributed by atoms with Gasteiger partial charge in [0.1, 0.15) is 5.82 Å². The van der Waals surface area contributed by atoms with Crippen LogP contribution in [0.4, 0.5) is 4.39 Å². The molecule has 2 rings (SSSR count). The zero-order chi connectivity index (χ0) is 13.1. The van der Waals surface area contributed by atoms with E-state index in [2.05, 4.69) is 11.4 Å². The van der Waals surface area contributed by atoms with Crippen LogP contribution in [0.15, 0.2) is 42.5 Å². The Balaban J connectivity index is 2.45. The highest BCUT2D eigenvalue weighted by Crippen LogP contribution is 2.26. The molecular weight excluding hydrogens is 249 g/mol. The lowest BCUT2D eigenvalue weighted by molar-refractivity contribution is 0.576. The van der Waals surface area contributed by atoms with Gasteiger partial charge in [-0.2, -0.15) is 0 Å². The molecule has 0 saturated carbocycles. The second kappa shape index (κ2) is 5.51. The summed E-state index contributed by atoms with van der Waals surface area (Å²) in [5.41, 5.74) is 2.80. The van der Waals surface area contributed by atoms with Gasteiger partial charge in [-0.3, -0.25) is 0 Å². The topological polar surface area (TPSA) is 12.0 Å². The van der Waals surface area contributed by atoms with Crippen LogP contribution < -0.4 is 5.32 Å². The minimum Gasteiger partial charge on any atom is -0.309 e. The molecule has 1 unspecified atom stereocenters. The van der Waals surface area contributed by atoms with Crippen LogP contribution in [-0.2, 0) is 0 Å². The van der Waals surface area contributed by atoms with E-state index < -0.39 is 0 Å². The molecule has 2 aromatic rings. The van der Waals surface area contributed by atoms with E-state index in [1.165, 1.54) is 6.07 Å². The van der Waals surface area contributed by atoms with E-state index in [-0.39, 0.29) is 11.9 Å². The number of hydrogen-bond donors (Lipinski definition) is 1. The molecule has 0 amide bonds. The second-order valence-electron chi connectivity index (χ2n) is 4.30. The average Bonchev–Trinajstić information content (AvgIpc) is 2.33. The van der Waals surface area contributed by atoms with Crippen molar-refractivity contribution < 1.29 is 4.39 Å². The Hall–Kier alpha value is -1.38. The van der Waals surface area contributed by atoms with Crippen molar-refractivity contribution >= 4 is 11.6 Å². The molecule has 0 aliphatic rings. The van der Waals surface area contributed by atoms with Crippen LogP contribution in [0, 0.1) is 12.7 Å². The molecule has 1 nitrogen and oxygen atoms in total. The van der Waals surface area contributed by atoms with E-state index in [9.17, 15) is 4.39 Å². The van der Waals surface area contributed by atoms with E-state index in [0.717, 1.165) is 11.1 Å². The van der Waals surface area contributed by atoms with Gasteiger partial charge in [-0.05, 0) is 31.7 Å².